The third-order valence-corrected chi connectivity index (χ3v) is 3.77. The zero-order chi connectivity index (χ0) is 21.6. The minimum Gasteiger partial charge on any atom is -0.459 e. The maximum Gasteiger partial charge on any atom is 0.0991 e. The van der Waals surface area contributed by atoms with Crippen molar-refractivity contribution >= 4 is 11.5 Å². The van der Waals surface area contributed by atoms with Crippen LogP contribution in [0.25, 0.3) is 22.2 Å². The van der Waals surface area contributed by atoms with Crippen LogP contribution in [0.4, 0.5) is 5.82 Å². The van der Waals surface area contributed by atoms with Gasteiger partial charge in [-0.1, -0.05) is 18.2 Å². The SMILES string of the molecule is CC(C)(C)O.N#Cc1cccc(-c2cc([N-]Cc3cccnc3)n3nccc3n2)c1.[Y]. The average Bonchev–Trinajstić information content (AvgIpc) is 3.20. The van der Waals surface area contributed by atoms with Gasteiger partial charge in [0, 0.05) is 56.9 Å². The fourth-order valence-corrected chi connectivity index (χ4v) is 2.57. The molecule has 8 heteroatoms. The Labute approximate surface area is 207 Å². The molecule has 155 valence electrons. The summed E-state index contributed by atoms with van der Waals surface area (Å²) >= 11 is 0. The van der Waals surface area contributed by atoms with Crippen LogP contribution in [0.2, 0.25) is 0 Å². The molecule has 1 radical (unpaired) electrons. The molecule has 0 spiro atoms. The van der Waals surface area contributed by atoms with Crippen LogP contribution in [0.3, 0.4) is 0 Å². The predicted molar refractivity (Wildman–Crippen MR) is 116 cm³/mol. The fourth-order valence-electron chi connectivity index (χ4n) is 2.57. The molecule has 4 aromatic rings. The van der Waals surface area contributed by atoms with Crippen molar-refractivity contribution in [3.63, 3.8) is 0 Å². The van der Waals surface area contributed by atoms with Crippen LogP contribution < -0.4 is 0 Å². The summed E-state index contributed by atoms with van der Waals surface area (Å²) in [6, 6.07) is 17.1. The third-order valence-electron chi connectivity index (χ3n) is 3.77. The zero-order valence-corrected chi connectivity index (χ0v) is 20.6. The van der Waals surface area contributed by atoms with E-state index in [0.29, 0.717) is 23.6 Å². The number of benzene rings is 1. The molecule has 0 aliphatic carbocycles. The van der Waals surface area contributed by atoms with Crippen molar-refractivity contribution in [1.82, 2.24) is 19.6 Å². The van der Waals surface area contributed by atoms with E-state index >= 15 is 0 Å². The van der Waals surface area contributed by atoms with Gasteiger partial charge in [-0.25, -0.2) is 0 Å². The normalized spacial score (nSPS) is 10.4. The van der Waals surface area contributed by atoms with Gasteiger partial charge < -0.3 is 14.9 Å². The van der Waals surface area contributed by atoms with E-state index in [4.69, 9.17) is 10.4 Å². The number of hydrogen-bond acceptors (Lipinski definition) is 5. The summed E-state index contributed by atoms with van der Waals surface area (Å²) in [5.41, 5.74) is 3.47. The van der Waals surface area contributed by atoms with E-state index in [2.05, 4.69) is 26.5 Å². The number of aliphatic hydroxyl groups is 1. The van der Waals surface area contributed by atoms with Gasteiger partial charge in [-0.3, -0.25) is 15.1 Å². The van der Waals surface area contributed by atoms with E-state index in [0.717, 1.165) is 16.8 Å². The zero-order valence-electron chi connectivity index (χ0n) is 17.8. The maximum atomic E-state index is 9.10. The Hall–Kier alpha value is -2.66. The van der Waals surface area contributed by atoms with Gasteiger partial charge in [0.05, 0.1) is 28.6 Å². The third kappa shape index (κ3) is 7.51. The molecule has 4 rings (SSSR count). The molecule has 0 saturated carbocycles. The minimum atomic E-state index is -0.500. The first kappa shape index (κ1) is 24.6. The van der Waals surface area contributed by atoms with Gasteiger partial charge in [0.1, 0.15) is 0 Å². The van der Waals surface area contributed by atoms with Gasteiger partial charge in [0.2, 0.25) is 0 Å². The Morgan fingerprint density at radius 3 is 2.55 bits per heavy atom. The number of nitriles is 1. The molecule has 0 fully saturated rings. The summed E-state index contributed by atoms with van der Waals surface area (Å²) in [6.45, 7) is 5.73. The Balaban J connectivity index is 0.000000514. The topological polar surface area (TPSA) is 101 Å². The van der Waals surface area contributed by atoms with Gasteiger partial charge in [-0.15, -0.1) is 0 Å². The smallest absolute Gasteiger partial charge is 0.0991 e. The summed E-state index contributed by atoms with van der Waals surface area (Å²) in [5, 5.41) is 26.6. The molecule has 3 aromatic heterocycles. The van der Waals surface area contributed by atoms with Crippen molar-refractivity contribution in [1.29, 1.82) is 5.26 Å². The predicted octanol–water partition coefficient (Wildman–Crippen LogP) is 4.64. The van der Waals surface area contributed by atoms with Crippen LogP contribution in [-0.4, -0.2) is 30.3 Å². The van der Waals surface area contributed by atoms with Crippen LogP contribution in [0.15, 0.2) is 67.1 Å². The molecule has 0 saturated heterocycles. The standard InChI is InChI=1S/C19H13N6.C4H10O.Y/c20-11-14-3-1-5-16(9-14)17-10-19(25-18(24-17)6-8-23-25)22-13-15-4-2-7-21-12-15;1-4(2,3)5;/h1-10,12H,13H2;5H,1-3H3;/q-1;;. The average molecular weight is 488 g/mol. The summed E-state index contributed by atoms with van der Waals surface area (Å²) < 4.78 is 1.70. The summed E-state index contributed by atoms with van der Waals surface area (Å²) in [6.07, 6.45) is 5.23. The molecule has 3 heterocycles. The van der Waals surface area contributed by atoms with Crippen LogP contribution in [-0.2, 0) is 39.3 Å². The van der Waals surface area contributed by atoms with Crippen LogP contribution >= 0.6 is 0 Å². The molecular weight excluding hydrogens is 465 g/mol. The van der Waals surface area contributed by atoms with Gasteiger partial charge in [-0.05, 0) is 69.0 Å². The molecule has 1 aromatic carbocycles. The molecule has 31 heavy (non-hydrogen) atoms. The number of hydrogen-bond donors (Lipinski definition) is 1. The van der Waals surface area contributed by atoms with E-state index in [1.165, 1.54) is 0 Å². The van der Waals surface area contributed by atoms with Gasteiger partial charge in [0.25, 0.3) is 0 Å². The number of aromatic nitrogens is 4. The van der Waals surface area contributed by atoms with Crippen molar-refractivity contribution in [2.75, 3.05) is 0 Å². The number of fused-ring (bicyclic) bond motifs is 1. The second kappa shape index (κ2) is 11.1. The summed E-state index contributed by atoms with van der Waals surface area (Å²) in [7, 11) is 0. The van der Waals surface area contributed by atoms with E-state index in [1.54, 1.807) is 49.9 Å². The minimum absolute atomic E-state index is 0. The van der Waals surface area contributed by atoms with Gasteiger partial charge in [-0.2, -0.15) is 5.26 Å². The van der Waals surface area contributed by atoms with Crippen molar-refractivity contribution in [2.45, 2.75) is 32.9 Å². The van der Waals surface area contributed by atoms with E-state index in [9.17, 15) is 0 Å². The van der Waals surface area contributed by atoms with Crippen LogP contribution in [0.5, 0.6) is 0 Å². The fraction of sp³-hybridized carbons (Fsp3) is 0.217. The summed E-state index contributed by atoms with van der Waals surface area (Å²) in [4.78, 5) is 8.72. The first-order valence-electron chi connectivity index (χ1n) is 9.47. The Kier molecular flexibility index (Phi) is 8.81. The molecule has 0 atom stereocenters. The molecule has 0 bridgehead atoms. The first-order chi connectivity index (χ1) is 14.3. The maximum absolute atomic E-state index is 9.10. The van der Waals surface area contributed by atoms with Crippen molar-refractivity contribution in [3.05, 3.63) is 83.6 Å². The number of pyridine rings is 1. The van der Waals surface area contributed by atoms with Gasteiger partial charge >= 0.3 is 0 Å². The number of nitrogens with zero attached hydrogens (tertiary/aromatic N) is 6. The first-order valence-corrected chi connectivity index (χ1v) is 9.47. The van der Waals surface area contributed by atoms with E-state index in [1.807, 2.05) is 42.5 Å². The number of rotatable bonds is 4. The molecular formula is C23H23N6OY-. The second-order valence-electron chi connectivity index (χ2n) is 7.64. The quantitative estimate of drug-likeness (QED) is 0.451. The van der Waals surface area contributed by atoms with E-state index < -0.39 is 5.60 Å². The molecule has 0 unspecified atom stereocenters. The van der Waals surface area contributed by atoms with Gasteiger partial charge in [0.15, 0.2) is 0 Å². The molecule has 0 amide bonds. The van der Waals surface area contributed by atoms with Crippen LogP contribution in [0, 0.1) is 11.3 Å². The van der Waals surface area contributed by atoms with Crippen molar-refractivity contribution in [3.8, 4) is 17.3 Å². The Bertz CT molecular complexity index is 1160. The molecule has 0 aliphatic heterocycles. The molecule has 1 N–H and O–H groups in total. The van der Waals surface area contributed by atoms with Crippen LogP contribution in [0.1, 0.15) is 31.9 Å². The van der Waals surface area contributed by atoms with E-state index in [-0.39, 0.29) is 32.7 Å². The second-order valence-corrected chi connectivity index (χ2v) is 7.64. The monoisotopic (exact) mass is 488 g/mol. The Morgan fingerprint density at radius 2 is 1.87 bits per heavy atom. The Morgan fingerprint density at radius 1 is 1.10 bits per heavy atom. The molecule has 7 nitrogen and oxygen atoms in total. The molecule has 0 aliphatic rings. The van der Waals surface area contributed by atoms with Crippen molar-refractivity contribution in [2.24, 2.45) is 0 Å². The largest absolute Gasteiger partial charge is 0.459 e. The summed E-state index contributed by atoms with van der Waals surface area (Å²) in [5.74, 6) is 0.705. The van der Waals surface area contributed by atoms with Crippen molar-refractivity contribution < 1.29 is 37.8 Å².